The molecule has 2 unspecified atom stereocenters. The van der Waals surface area contributed by atoms with Gasteiger partial charge < -0.3 is 15.7 Å². The minimum absolute atomic E-state index is 0.101. The van der Waals surface area contributed by atoms with E-state index in [0.29, 0.717) is 18.0 Å². The minimum atomic E-state index is -1.08. The van der Waals surface area contributed by atoms with Crippen LogP contribution in [0.4, 0.5) is 5.13 Å². The molecule has 7 nitrogen and oxygen atoms in total. The molecule has 0 radical (unpaired) electrons. The van der Waals surface area contributed by atoms with Gasteiger partial charge in [-0.1, -0.05) is 34.1 Å². The van der Waals surface area contributed by atoms with Gasteiger partial charge in [0.1, 0.15) is 11.7 Å². The number of rotatable bonds is 8. The number of carboxylic acid groups (broad SMARTS) is 1. The van der Waals surface area contributed by atoms with Gasteiger partial charge in [0.2, 0.25) is 5.91 Å². The van der Waals surface area contributed by atoms with Gasteiger partial charge >= 0.3 is 5.97 Å². The third-order valence-corrected chi connectivity index (χ3v) is 4.10. The molecule has 128 valence electrons. The van der Waals surface area contributed by atoms with Gasteiger partial charge in [-0.05, 0) is 11.8 Å². The van der Waals surface area contributed by atoms with Gasteiger partial charge in [0.15, 0.2) is 5.13 Å². The van der Waals surface area contributed by atoms with Gasteiger partial charge in [-0.25, -0.2) is 9.78 Å². The molecular formula is C15H23N3O4S. The van der Waals surface area contributed by atoms with Crippen LogP contribution in [-0.4, -0.2) is 33.9 Å². The molecule has 1 aromatic heterocycles. The Morgan fingerprint density at radius 2 is 1.96 bits per heavy atom. The first-order valence-electron chi connectivity index (χ1n) is 7.53. The lowest BCUT2D eigenvalue weighted by atomic mass is 9.99. The first-order valence-corrected chi connectivity index (χ1v) is 8.41. The van der Waals surface area contributed by atoms with Crippen molar-refractivity contribution in [3.8, 4) is 0 Å². The number of amides is 2. The largest absolute Gasteiger partial charge is 0.480 e. The first-order chi connectivity index (χ1) is 10.7. The number of nitrogens with zero attached hydrogens (tertiary/aromatic N) is 1. The van der Waals surface area contributed by atoms with Crippen molar-refractivity contribution in [3.63, 3.8) is 0 Å². The Hall–Kier alpha value is -1.96. The van der Waals surface area contributed by atoms with Crippen LogP contribution in [0.2, 0.25) is 0 Å². The topological polar surface area (TPSA) is 108 Å². The van der Waals surface area contributed by atoms with E-state index in [9.17, 15) is 19.5 Å². The molecular weight excluding hydrogens is 318 g/mol. The lowest BCUT2D eigenvalue weighted by molar-refractivity contribution is -0.140. The molecule has 0 saturated carbocycles. The number of anilines is 1. The molecule has 0 fully saturated rings. The van der Waals surface area contributed by atoms with Gasteiger partial charge in [-0.3, -0.25) is 9.59 Å². The fourth-order valence-corrected chi connectivity index (χ4v) is 2.58. The Morgan fingerprint density at radius 3 is 2.48 bits per heavy atom. The average Bonchev–Trinajstić information content (AvgIpc) is 2.90. The summed E-state index contributed by atoms with van der Waals surface area (Å²) in [5.74, 6) is -1.76. The molecule has 2 atom stereocenters. The van der Waals surface area contributed by atoms with Crippen LogP contribution in [0.25, 0.3) is 0 Å². The average molecular weight is 341 g/mol. The Labute approximate surface area is 139 Å². The summed E-state index contributed by atoms with van der Waals surface area (Å²) in [4.78, 5) is 39.1. The third-order valence-electron chi connectivity index (χ3n) is 3.34. The van der Waals surface area contributed by atoms with Crippen LogP contribution in [0.3, 0.4) is 0 Å². The first kappa shape index (κ1) is 19.1. The second-order valence-electron chi connectivity index (χ2n) is 5.86. The zero-order valence-corrected chi connectivity index (χ0v) is 14.6. The van der Waals surface area contributed by atoms with Crippen LogP contribution in [0, 0.1) is 11.8 Å². The third kappa shape index (κ3) is 5.97. The molecule has 0 aliphatic carbocycles. The van der Waals surface area contributed by atoms with Crippen molar-refractivity contribution in [1.29, 1.82) is 0 Å². The summed E-state index contributed by atoms with van der Waals surface area (Å²) in [7, 11) is 0. The number of aliphatic carboxylic acids is 1. The molecule has 23 heavy (non-hydrogen) atoms. The summed E-state index contributed by atoms with van der Waals surface area (Å²) in [6.07, 6.45) is 1.00. The van der Waals surface area contributed by atoms with Crippen LogP contribution in [0.5, 0.6) is 0 Å². The molecule has 1 aromatic rings. The maximum atomic E-state index is 12.1. The fraction of sp³-hybridized carbons (Fsp3) is 0.600. The Morgan fingerprint density at radius 1 is 1.30 bits per heavy atom. The Kier molecular flexibility index (Phi) is 7.15. The number of carbonyl (C=O) groups is 3. The summed E-state index contributed by atoms with van der Waals surface area (Å²) >= 11 is 1.13. The van der Waals surface area contributed by atoms with Crippen LogP contribution in [0.1, 0.15) is 51.0 Å². The second kappa shape index (κ2) is 8.61. The normalized spacial score (nSPS) is 13.4. The van der Waals surface area contributed by atoms with Gasteiger partial charge in [0, 0.05) is 11.8 Å². The lowest BCUT2D eigenvalue weighted by Crippen LogP contribution is -2.45. The Bertz CT molecular complexity index is 571. The number of thiazole rings is 1. The van der Waals surface area contributed by atoms with E-state index < -0.39 is 17.9 Å². The van der Waals surface area contributed by atoms with E-state index in [1.807, 2.05) is 20.8 Å². The predicted octanol–water partition coefficient (Wildman–Crippen LogP) is 2.36. The summed E-state index contributed by atoms with van der Waals surface area (Å²) in [6.45, 7) is 7.48. The van der Waals surface area contributed by atoms with E-state index in [4.69, 9.17) is 0 Å². The van der Waals surface area contributed by atoms with Crippen LogP contribution in [-0.2, 0) is 9.59 Å². The summed E-state index contributed by atoms with van der Waals surface area (Å²) < 4.78 is 0. The molecule has 1 rings (SSSR count). The summed E-state index contributed by atoms with van der Waals surface area (Å²) in [5, 5.41) is 16.1. The molecule has 0 aromatic carbocycles. The number of carbonyl (C=O) groups excluding carboxylic acids is 2. The van der Waals surface area contributed by atoms with Crippen LogP contribution >= 0.6 is 11.3 Å². The predicted molar refractivity (Wildman–Crippen MR) is 88.5 cm³/mol. The lowest BCUT2D eigenvalue weighted by Gasteiger charge is -2.19. The zero-order valence-electron chi connectivity index (χ0n) is 13.8. The van der Waals surface area contributed by atoms with Crippen molar-refractivity contribution < 1.29 is 19.5 Å². The molecule has 8 heteroatoms. The van der Waals surface area contributed by atoms with Crippen molar-refractivity contribution in [2.45, 2.75) is 46.6 Å². The molecule has 0 aliphatic rings. The molecule has 0 spiro atoms. The van der Waals surface area contributed by atoms with Gasteiger partial charge in [0.05, 0.1) is 0 Å². The SMILES string of the molecule is CCC(C)C(NC(=O)c1csc(NC(=O)CC(C)C)n1)C(=O)O. The highest BCUT2D eigenvalue weighted by Gasteiger charge is 2.26. The number of carboxylic acids is 1. The maximum Gasteiger partial charge on any atom is 0.326 e. The summed E-state index contributed by atoms with van der Waals surface area (Å²) in [5.41, 5.74) is 0.101. The number of nitrogens with one attached hydrogen (secondary N) is 2. The van der Waals surface area contributed by atoms with Crippen molar-refractivity contribution in [2.24, 2.45) is 11.8 Å². The minimum Gasteiger partial charge on any atom is -0.480 e. The standard InChI is InChI=1S/C15H23N3O4S/c1-5-9(4)12(14(21)22)18-13(20)10-7-23-15(16-10)17-11(19)6-8(2)3/h7-9,12H,5-6H2,1-4H3,(H,18,20)(H,21,22)(H,16,17,19). The van der Waals surface area contributed by atoms with Crippen molar-refractivity contribution in [1.82, 2.24) is 10.3 Å². The summed E-state index contributed by atoms with van der Waals surface area (Å²) in [6, 6.07) is -0.965. The zero-order chi connectivity index (χ0) is 17.6. The molecule has 3 N–H and O–H groups in total. The van der Waals surface area contributed by atoms with E-state index in [2.05, 4.69) is 15.6 Å². The van der Waals surface area contributed by atoms with Crippen molar-refractivity contribution in [3.05, 3.63) is 11.1 Å². The van der Waals surface area contributed by atoms with E-state index >= 15 is 0 Å². The molecule has 0 aliphatic heterocycles. The highest BCUT2D eigenvalue weighted by Crippen LogP contribution is 2.17. The second-order valence-corrected chi connectivity index (χ2v) is 6.72. The van der Waals surface area contributed by atoms with Gasteiger partial charge in [-0.15, -0.1) is 11.3 Å². The fourth-order valence-electron chi connectivity index (χ4n) is 1.87. The number of hydrogen-bond donors (Lipinski definition) is 3. The van der Waals surface area contributed by atoms with Crippen LogP contribution in [0.15, 0.2) is 5.38 Å². The highest BCUT2D eigenvalue weighted by atomic mass is 32.1. The van der Waals surface area contributed by atoms with E-state index in [-0.39, 0.29) is 23.4 Å². The quantitative estimate of drug-likeness (QED) is 0.672. The van der Waals surface area contributed by atoms with Gasteiger partial charge in [-0.2, -0.15) is 0 Å². The number of hydrogen-bond acceptors (Lipinski definition) is 5. The smallest absolute Gasteiger partial charge is 0.326 e. The molecule has 0 bridgehead atoms. The van der Waals surface area contributed by atoms with E-state index in [1.165, 1.54) is 5.38 Å². The van der Waals surface area contributed by atoms with E-state index in [1.54, 1.807) is 6.92 Å². The van der Waals surface area contributed by atoms with Crippen molar-refractivity contribution >= 4 is 34.3 Å². The molecule has 2 amide bonds. The van der Waals surface area contributed by atoms with Crippen LogP contribution < -0.4 is 10.6 Å². The molecule has 0 saturated heterocycles. The number of aromatic nitrogens is 1. The van der Waals surface area contributed by atoms with E-state index in [0.717, 1.165) is 11.3 Å². The maximum absolute atomic E-state index is 12.1. The highest BCUT2D eigenvalue weighted by molar-refractivity contribution is 7.14. The molecule has 1 heterocycles. The van der Waals surface area contributed by atoms with Gasteiger partial charge in [0.25, 0.3) is 5.91 Å². The van der Waals surface area contributed by atoms with Crippen molar-refractivity contribution in [2.75, 3.05) is 5.32 Å². The monoisotopic (exact) mass is 341 g/mol. The Balaban J connectivity index is 2.71.